The minimum absolute atomic E-state index is 0.00865. The van der Waals surface area contributed by atoms with Crippen molar-refractivity contribution in [2.45, 2.75) is 32.1 Å². The second-order valence-corrected chi connectivity index (χ2v) is 10.6. The van der Waals surface area contributed by atoms with Gasteiger partial charge in [-0.05, 0) is 32.9 Å². The van der Waals surface area contributed by atoms with Crippen molar-refractivity contribution in [1.82, 2.24) is 29.7 Å². The highest BCUT2D eigenvalue weighted by Gasteiger charge is 2.35. The molecule has 0 amide bonds. The maximum absolute atomic E-state index is 13.6. The molecule has 0 unspecified atom stereocenters. The van der Waals surface area contributed by atoms with Gasteiger partial charge in [-0.15, -0.1) is 10.2 Å². The lowest BCUT2D eigenvalue weighted by atomic mass is 10.2. The summed E-state index contributed by atoms with van der Waals surface area (Å²) in [5, 5.41) is 17.9. The Morgan fingerprint density at radius 2 is 1.85 bits per heavy atom. The molecule has 3 heterocycles. The van der Waals surface area contributed by atoms with Crippen molar-refractivity contribution < 1.29 is 32.5 Å². The summed E-state index contributed by atoms with van der Waals surface area (Å²) in [6.07, 6.45) is 2.86. The number of pyridine rings is 1. The molecular formula is C26H33N7O7S. The van der Waals surface area contributed by atoms with Gasteiger partial charge < -0.3 is 24.1 Å². The zero-order chi connectivity index (χ0) is 30.3. The molecule has 3 aromatic heterocycles. The maximum Gasteiger partial charge on any atom is 0.243 e. The van der Waals surface area contributed by atoms with Gasteiger partial charge in [0.05, 0.1) is 34.1 Å². The van der Waals surface area contributed by atoms with E-state index >= 15 is 0 Å². The number of hydrogen-bond donors (Lipinski definition) is 2. The van der Waals surface area contributed by atoms with E-state index in [0.717, 1.165) is 0 Å². The molecule has 3 aromatic rings. The third-order valence-electron chi connectivity index (χ3n) is 5.94. The monoisotopic (exact) mass is 587 g/mol. The number of nitrogens with zero attached hydrogens (tertiary/aromatic N) is 6. The van der Waals surface area contributed by atoms with Crippen molar-refractivity contribution in [3.63, 3.8) is 0 Å². The summed E-state index contributed by atoms with van der Waals surface area (Å²) in [4.78, 5) is 12.7. The molecule has 0 fully saturated rings. The van der Waals surface area contributed by atoms with Crippen LogP contribution in [0.25, 0.3) is 17.2 Å². The van der Waals surface area contributed by atoms with Gasteiger partial charge >= 0.3 is 0 Å². The Morgan fingerprint density at radius 3 is 2.46 bits per heavy atom. The number of aliphatic hydroxyl groups excluding tert-OH is 1. The molecule has 0 radical (unpaired) electrons. The fourth-order valence-corrected chi connectivity index (χ4v) is 4.74. The van der Waals surface area contributed by atoms with Crippen LogP contribution in [0.1, 0.15) is 31.3 Å². The first-order valence-corrected chi connectivity index (χ1v) is 13.7. The van der Waals surface area contributed by atoms with Crippen molar-refractivity contribution in [2.75, 3.05) is 33.2 Å². The topological polar surface area (TPSA) is 173 Å². The van der Waals surface area contributed by atoms with Gasteiger partial charge in [-0.25, -0.2) is 18.4 Å². The molecule has 0 spiro atoms. The second-order valence-electron chi connectivity index (χ2n) is 8.53. The highest BCUT2D eigenvalue weighted by atomic mass is 32.2. The van der Waals surface area contributed by atoms with E-state index in [2.05, 4.69) is 36.5 Å². The summed E-state index contributed by atoms with van der Waals surface area (Å²) in [6.45, 7) is 8.38. The summed E-state index contributed by atoms with van der Waals surface area (Å²) in [5.74, 6) is 0.804. The molecule has 220 valence electrons. The van der Waals surface area contributed by atoms with Crippen LogP contribution in [-0.4, -0.2) is 76.9 Å². The smallest absolute Gasteiger partial charge is 0.243 e. The van der Waals surface area contributed by atoms with Crippen molar-refractivity contribution in [3.8, 4) is 23.3 Å². The lowest BCUT2D eigenvalue weighted by Gasteiger charge is -2.22. The van der Waals surface area contributed by atoms with E-state index in [0.29, 0.717) is 23.0 Å². The third kappa shape index (κ3) is 6.63. The van der Waals surface area contributed by atoms with Crippen molar-refractivity contribution in [2.24, 2.45) is 0 Å². The van der Waals surface area contributed by atoms with Crippen LogP contribution >= 0.6 is 0 Å². The Bertz CT molecular complexity index is 1570. The summed E-state index contributed by atoms with van der Waals surface area (Å²) < 4.78 is 52.6. The van der Waals surface area contributed by atoms with E-state index in [4.69, 9.17) is 18.9 Å². The van der Waals surface area contributed by atoms with Crippen LogP contribution in [-0.2, 0) is 19.5 Å². The molecule has 2 atom stereocenters. The number of ether oxygens (including phenoxy) is 4. The fourth-order valence-electron chi connectivity index (χ4n) is 3.70. The molecule has 15 heteroatoms. The van der Waals surface area contributed by atoms with Crippen LogP contribution in [0.4, 0.5) is 5.95 Å². The number of sulfonamides is 1. The number of allylic oxidation sites excluding steroid dienone is 4. The Balaban J connectivity index is 2.20. The first-order valence-electron chi connectivity index (χ1n) is 12.2. The minimum atomic E-state index is -4.35. The molecule has 0 aliphatic heterocycles. The number of rotatable bonds is 13. The molecule has 0 aromatic carbocycles. The average molecular weight is 588 g/mol. The normalized spacial score (nSPS) is 14.0. The molecule has 3 rings (SSSR count). The molecule has 0 bridgehead atoms. The molecule has 0 aliphatic rings. The van der Waals surface area contributed by atoms with Gasteiger partial charge in [0.25, 0.3) is 0 Å². The Labute approximate surface area is 238 Å². The first kappa shape index (κ1) is 31.0. The number of aromatic nitrogens is 6. The summed E-state index contributed by atoms with van der Waals surface area (Å²) in [6, 6.07) is 5.00. The molecule has 14 nitrogen and oxygen atoms in total. The first-order chi connectivity index (χ1) is 19.5. The fraction of sp³-hybridized carbons (Fsp3) is 0.346. The minimum Gasteiger partial charge on any atom is -0.499 e. The van der Waals surface area contributed by atoms with Crippen LogP contribution in [0.15, 0.2) is 54.6 Å². The molecule has 0 saturated heterocycles. The second kappa shape index (κ2) is 13.2. The van der Waals surface area contributed by atoms with Gasteiger partial charge in [-0.1, -0.05) is 18.7 Å². The predicted molar refractivity (Wildman–Crippen MR) is 151 cm³/mol. The molecule has 2 N–H and O–H groups in total. The average Bonchev–Trinajstić information content (AvgIpc) is 3.37. The summed E-state index contributed by atoms with van der Waals surface area (Å²) in [5.41, 5.74) is 1.07. The van der Waals surface area contributed by atoms with Crippen LogP contribution < -0.4 is 14.2 Å². The van der Waals surface area contributed by atoms with E-state index in [1.54, 1.807) is 38.1 Å². The Hall–Kier alpha value is -4.50. The van der Waals surface area contributed by atoms with Gasteiger partial charge in [0.15, 0.2) is 5.82 Å². The highest BCUT2D eigenvalue weighted by molar-refractivity contribution is 7.93. The van der Waals surface area contributed by atoms with Gasteiger partial charge in [0, 0.05) is 12.3 Å². The number of nitrogens with one attached hydrogen (secondary N) is 1. The van der Waals surface area contributed by atoms with Gasteiger partial charge in [0.2, 0.25) is 27.7 Å². The van der Waals surface area contributed by atoms with Crippen LogP contribution in [0.5, 0.6) is 11.8 Å². The summed E-state index contributed by atoms with van der Waals surface area (Å²) >= 11 is 0. The van der Waals surface area contributed by atoms with E-state index in [-0.39, 0.29) is 34.8 Å². The number of anilines is 1. The lowest BCUT2D eigenvalue weighted by Crippen LogP contribution is -2.32. The van der Waals surface area contributed by atoms with Gasteiger partial charge in [-0.2, -0.15) is 0 Å². The number of aliphatic hydroxyl groups is 1. The largest absolute Gasteiger partial charge is 0.499 e. The molecular weight excluding hydrogens is 554 g/mol. The van der Waals surface area contributed by atoms with E-state index in [1.807, 2.05) is 0 Å². The number of methoxy groups -OCH3 is 4. The Morgan fingerprint density at radius 1 is 1.12 bits per heavy atom. The van der Waals surface area contributed by atoms with E-state index in [9.17, 15) is 13.5 Å². The lowest BCUT2D eigenvalue weighted by molar-refractivity contribution is 0.165. The molecule has 0 saturated carbocycles. The van der Waals surface area contributed by atoms with Crippen LogP contribution in [0, 0.1) is 6.92 Å². The maximum atomic E-state index is 13.6. The van der Waals surface area contributed by atoms with E-state index < -0.39 is 21.4 Å². The molecule has 41 heavy (non-hydrogen) atoms. The summed E-state index contributed by atoms with van der Waals surface area (Å²) in [7, 11) is 1.35. The Kier molecular flexibility index (Phi) is 10.0. The van der Waals surface area contributed by atoms with Crippen molar-refractivity contribution in [1.29, 1.82) is 0 Å². The SMILES string of the molecule is C=C/C=C(OC)\C(=C(/C)OC)n1c(NS(=O)(=O)[C@H](C)[C@H](O)c2ncc(C)nc2OC)nnc1-c1cccc(OC)n1. The standard InChI is InChI=1S/C26H33N7O7S/c1-9-11-19(38-6)22(16(3)37-5)33-24(18-12-10-13-20(29-18)39-7)30-31-26(33)32-41(35,36)17(4)23(34)21-25(40-8)28-15(2)14-27-21/h9-14,17,23,34H,1H2,2-8H3,(H,31,32)/b19-11+,22-16-/t17-,23+/m1/s1. The van der Waals surface area contributed by atoms with Crippen LogP contribution in [0.2, 0.25) is 0 Å². The third-order valence-corrected chi connectivity index (χ3v) is 7.64. The molecule has 0 aliphatic carbocycles. The predicted octanol–water partition coefficient (Wildman–Crippen LogP) is 2.87. The van der Waals surface area contributed by atoms with Crippen molar-refractivity contribution in [3.05, 3.63) is 66.0 Å². The van der Waals surface area contributed by atoms with Gasteiger partial charge in [-0.3, -0.25) is 14.3 Å². The van der Waals surface area contributed by atoms with Crippen LogP contribution in [0.3, 0.4) is 0 Å². The quantitative estimate of drug-likeness (QED) is 0.221. The number of hydrogen-bond acceptors (Lipinski definition) is 12. The number of aryl methyl sites for hydroxylation is 1. The zero-order valence-electron chi connectivity index (χ0n) is 23.8. The highest BCUT2D eigenvalue weighted by Crippen LogP contribution is 2.33. The zero-order valence-corrected chi connectivity index (χ0v) is 24.6. The van der Waals surface area contributed by atoms with E-state index in [1.165, 1.54) is 52.2 Å². The van der Waals surface area contributed by atoms with Gasteiger partial charge in [0.1, 0.15) is 40.0 Å². The van der Waals surface area contributed by atoms with Crippen molar-refractivity contribution >= 4 is 21.7 Å².